The van der Waals surface area contributed by atoms with Crippen LogP contribution in [0.3, 0.4) is 0 Å². The maximum absolute atomic E-state index is 5.91. The van der Waals surface area contributed by atoms with E-state index in [9.17, 15) is 0 Å². The molecule has 0 fully saturated rings. The molecule has 0 radical (unpaired) electrons. The number of alkyl halides is 1. The number of rotatable bonds is 4. The van der Waals surface area contributed by atoms with Crippen molar-refractivity contribution in [3.63, 3.8) is 0 Å². The highest BCUT2D eigenvalue weighted by atomic mass is 35.5. The van der Waals surface area contributed by atoms with E-state index in [1.165, 1.54) is 23.1 Å². The van der Waals surface area contributed by atoms with Crippen LogP contribution in [0.4, 0.5) is 0 Å². The Kier molecular flexibility index (Phi) is 4.47. The van der Waals surface area contributed by atoms with Crippen molar-refractivity contribution in [2.24, 2.45) is 0 Å². The minimum atomic E-state index is 0.306. The second-order valence-corrected chi connectivity index (χ2v) is 4.91. The highest BCUT2D eigenvalue weighted by molar-refractivity contribution is 6.20. The molecular formula is C13H19Cl. The molecule has 1 atom stereocenters. The summed E-state index contributed by atoms with van der Waals surface area (Å²) in [5.41, 5.74) is 4.16. The Balaban J connectivity index is 2.50. The number of halogens is 1. The van der Waals surface area contributed by atoms with Gasteiger partial charge in [-0.1, -0.05) is 29.3 Å². The molecular weight excluding hydrogens is 192 g/mol. The van der Waals surface area contributed by atoms with Crippen LogP contribution >= 0.6 is 11.6 Å². The number of benzene rings is 1. The zero-order chi connectivity index (χ0) is 10.6. The summed E-state index contributed by atoms with van der Waals surface area (Å²) in [6, 6.07) is 6.76. The van der Waals surface area contributed by atoms with Crippen molar-refractivity contribution in [1.29, 1.82) is 0 Å². The maximum atomic E-state index is 5.91. The van der Waals surface area contributed by atoms with Gasteiger partial charge in [-0.15, -0.1) is 11.6 Å². The van der Waals surface area contributed by atoms with Gasteiger partial charge in [0.15, 0.2) is 0 Å². The molecule has 1 unspecified atom stereocenters. The maximum Gasteiger partial charge on any atom is 0.0308 e. The lowest BCUT2D eigenvalue weighted by Gasteiger charge is -2.05. The monoisotopic (exact) mass is 210 g/mol. The van der Waals surface area contributed by atoms with E-state index in [1.54, 1.807) is 0 Å². The van der Waals surface area contributed by atoms with Gasteiger partial charge in [-0.05, 0) is 45.6 Å². The van der Waals surface area contributed by atoms with Crippen LogP contribution in [0.1, 0.15) is 36.5 Å². The standard InChI is InChI=1S/C13H19Cl/c1-10-7-11(2)9-13(8-10)6-4-5-12(3)14/h7-9,12H,4-6H2,1-3H3. The summed E-state index contributed by atoms with van der Waals surface area (Å²) in [6.45, 7) is 6.37. The average molecular weight is 211 g/mol. The van der Waals surface area contributed by atoms with Crippen molar-refractivity contribution in [1.82, 2.24) is 0 Å². The fraction of sp³-hybridized carbons (Fsp3) is 0.538. The molecule has 0 bridgehead atoms. The first-order valence-electron chi connectivity index (χ1n) is 5.29. The fourth-order valence-electron chi connectivity index (χ4n) is 1.80. The van der Waals surface area contributed by atoms with Gasteiger partial charge >= 0.3 is 0 Å². The summed E-state index contributed by atoms with van der Waals surface area (Å²) in [6.07, 6.45) is 3.45. The van der Waals surface area contributed by atoms with Crippen molar-refractivity contribution in [2.45, 2.75) is 45.4 Å². The summed E-state index contributed by atoms with van der Waals surface area (Å²) in [5, 5.41) is 0.306. The fourth-order valence-corrected chi connectivity index (χ4v) is 1.96. The highest BCUT2D eigenvalue weighted by Gasteiger charge is 1.99. The minimum Gasteiger partial charge on any atom is -0.123 e. The Hall–Kier alpha value is -0.490. The SMILES string of the molecule is Cc1cc(C)cc(CCCC(C)Cl)c1. The summed E-state index contributed by atoms with van der Waals surface area (Å²) < 4.78 is 0. The van der Waals surface area contributed by atoms with Crippen LogP contribution in [-0.2, 0) is 6.42 Å². The number of hydrogen-bond acceptors (Lipinski definition) is 0. The largest absolute Gasteiger partial charge is 0.123 e. The van der Waals surface area contributed by atoms with Crippen molar-refractivity contribution in [2.75, 3.05) is 0 Å². The van der Waals surface area contributed by atoms with Crippen LogP contribution in [0.15, 0.2) is 18.2 Å². The lowest BCUT2D eigenvalue weighted by atomic mass is 10.0. The first kappa shape index (κ1) is 11.6. The summed E-state index contributed by atoms with van der Waals surface area (Å²) in [5.74, 6) is 0. The van der Waals surface area contributed by atoms with E-state index >= 15 is 0 Å². The van der Waals surface area contributed by atoms with Crippen LogP contribution in [0.25, 0.3) is 0 Å². The molecule has 0 amide bonds. The average Bonchev–Trinajstić information content (AvgIpc) is 2.01. The third kappa shape index (κ3) is 4.15. The first-order valence-corrected chi connectivity index (χ1v) is 5.73. The first-order chi connectivity index (χ1) is 6.58. The molecule has 0 heterocycles. The van der Waals surface area contributed by atoms with Gasteiger partial charge in [0.25, 0.3) is 0 Å². The van der Waals surface area contributed by atoms with E-state index in [0.717, 1.165) is 12.8 Å². The molecule has 1 aromatic carbocycles. The van der Waals surface area contributed by atoms with Gasteiger partial charge in [0.1, 0.15) is 0 Å². The predicted molar refractivity (Wildman–Crippen MR) is 64.2 cm³/mol. The topological polar surface area (TPSA) is 0 Å². The number of aryl methyl sites for hydroxylation is 3. The molecule has 0 nitrogen and oxygen atoms in total. The van der Waals surface area contributed by atoms with Gasteiger partial charge in [0.05, 0.1) is 0 Å². The Morgan fingerprint density at radius 3 is 2.21 bits per heavy atom. The second kappa shape index (κ2) is 5.41. The summed E-state index contributed by atoms with van der Waals surface area (Å²) in [4.78, 5) is 0. The Morgan fingerprint density at radius 2 is 1.71 bits per heavy atom. The Morgan fingerprint density at radius 1 is 1.14 bits per heavy atom. The van der Waals surface area contributed by atoms with Crippen LogP contribution < -0.4 is 0 Å². The van der Waals surface area contributed by atoms with Crippen LogP contribution in [0, 0.1) is 13.8 Å². The molecule has 78 valence electrons. The van der Waals surface area contributed by atoms with E-state index in [4.69, 9.17) is 11.6 Å². The highest BCUT2D eigenvalue weighted by Crippen LogP contribution is 2.13. The normalized spacial score (nSPS) is 12.9. The molecule has 0 aliphatic carbocycles. The lowest BCUT2D eigenvalue weighted by molar-refractivity contribution is 0.723. The molecule has 0 saturated carbocycles. The number of hydrogen-bond donors (Lipinski definition) is 0. The van der Waals surface area contributed by atoms with Gasteiger partial charge < -0.3 is 0 Å². The zero-order valence-corrected chi connectivity index (χ0v) is 10.1. The summed E-state index contributed by atoms with van der Waals surface area (Å²) in [7, 11) is 0. The van der Waals surface area contributed by atoms with Crippen molar-refractivity contribution in [3.8, 4) is 0 Å². The molecule has 1 rings (SSSR count). The van der Waals surface area contributed by atoms with Crippen LogP contribution in [-0.4, -0.2) is 5.38 Å². The van der Waals surface area contributed by atoms with E-state index < -0.39 is 0 Å². The van der Waals surface area contributed by atoms with E-state index in [0.29, 0.717) is 5.38 Å². The van der Waals surface area contributed by atoms with Crippen molar-refractivity contribution in [3.05, 3.63) is 34.9 Å². The minimum absolute atomic E-state index is 0.306. The molecule has 1 aromatic rings. The molecule has 0 aliphatic heterocycles. The second-order valence-electron chi connectivity index (χ2n) is 4.17. The molecule has 0 aliphatic rings. The van der Waals surface area contributed by atoms with E-state index in [2.05, 4.69) is 39.0 Å². The van der Waals surface area contributed by atoms with E-state index in [1.807, 2.05) is 0 Å². The van der Waals surface area contributed by atoms with Gasteiger partial charge in [-0.3, -0.25) is 0 Å². The van der Waals surface area contributed by atoms with E-state index in [-0.39, 0.29) is 0 Å². The quantitative estimate of drug-likeness (QED) is 0.652. The van der Waals surface area contributed by atoms with Crippen LogP contribution in [0.5, 0.6) is 0 Å². The zero-order valence-electron chi connectivity index (χ0n) is 9.31. The third-order valence-corrected chi connectivity index (χ3v) is 2.57. The lowest BCUT2D eigenvalue weighted by Crippen LogP contribution is -1.94. The van der Waals surface area contributed by atoms with Crippen molar-refractivity contribution < 1.29 is 0 Å². The smallest absolute Gasteiger partial charge is 0.0308 e. The van der Waals surface area contributed by atoms with Crippen molar-refractivity contribution >= 4 is 11.6 Å². The third-order valence-electron chi connectivity index (χ3n) is 2.35. The van der Waals surface area contributed by atoms with Crippen LogP contribution in [0.2, 0.25) is 0 Å². The molecule has 0 N–H and O–H groups in total. The van der Waals surface area contributed by atoms with Gasteiger partial charge in [-0.25, -0.2) is 0 Å². The predicted octanol–water partition coefficient (Wildman–Crippen LogP) is 4.25. The molecule has 1 heteroatoms. The molecule has 14 heavy (non-hydrogen) atoms. The van der Waals surface area contributed by atoms with Gasteiger partial charge in [0.2, 0.25) is 0 Å². The van der Waals surface area contributed by atoms with Gasteiger partial charge in [0, 0.05) is 5.38 Å². The molecule has 0 spiro atoms. The molecule has 0 aromatic heterocycles. The molecule has 0 saturated heterocycles. The van der Waals surface area contributed by atoms with Gasteiger partial charge in [-0.2, -0.15) is 0 Å². The Labute approximate surface area is 92.3 Å². The summed E-state index contributed by atoms with van der Waals surface area (Å²) >= 11 is 5.91. The Bertz CT molecular complexity index is 269.